The lowest BCUT2D eigenvalue weighted by molar-refractivity contribution is 0.634. The quantitative estimate of drug-likeness (QED) is 0.154. The molecule has 2 aromatic heterocycles. The highest BCUT2D eigenvalue weighted by atomic mass is 16.4. The van der Waals surface area contributed by atoms with Crippen LogP contribution in [0.4, 0.5) is 34.1 Å². The zero-order valence-electron chi connectivity index (χ0n) is 34.2. The average molecular weight is 777 g/mol. The number of anilines is 6. The predicted molar refractivity (Wildman–Crippen MR) is 254 cm³/mol. The topological polar surface area (TPSA) is 32.8 Å². The van der Waals surface area contributed by atoms with Crippen molar-refractivity contribution in [2.75, 3.05) is 9.80 Å². The Balaban J connectivity index is 1.01. The summed E-state index contributed by atoms with van der Waals surface area (Å²) < 4.78 is 13.5. The van der Waals surface area contributed by atoms with Crippen LogP contribution in [0.15, 0.2) is 191 Å². The van der Waals surface area contributed by atoms with Crippen LogP contribution in [0.3, 0.4) is 0 Å². The SMILES string of the molecule is CC(C)c1ccc(N(c2ccccc2)c2ccc3cc4c(cc3c2)oc2c4ccc3c4cc5ccc(N(c6ccccc6)c6ccc(C(C)C)cc6)cc5cc4oc32)cc1. The van der Waals surface area contributed by atoms with Gasteiger partial charge in [0.05, 0.1) is 0 Å². The zero-order valence-corrected chi connectivity index (χ0v) is 34.2. The van der Waals surface area contributed by atoms with E-state index in [2.05, 4.69) is 219 Å². The van der Waals surface area contributed by atoms with Gasteiger partial charge in [-0.2, -0.15) is 0 Å². The highest BCUT2D eigenvalue weighted by molar-refractivity contribution is 6.21. The summed E-state index contributed by atoms with van der Waals surface area (Å²) in [6.07, 6.45) is 0. The summed E-state index contributed by atoms with van der Waals surface area (Å²) in [7, 11) is 0. The van der Waals surface area contributed by atoms with Crippen molar-refractivity contribution in [3.8, 4) is 0 Å². The van der Waals surface area contributed by atoms with Gasteiger partial charge in [0.2, 0.25) is 0 Å². The van der Waals surface area contributed by atoms with Crippen molar-refractivity contribution in [2.45, 2.75) is 39.5 Å². The van der Waals surface area contributed by atoms with Gasteiger partial charge in [0.1, 0.15) is 11.2 Å². The molecule has 0 amide bonds. The van der Waals surface area contributed by atoms with Gasteiger partial charge < -0.3 is 18.6 Å². The van der Waals surface area contributed by atoms with Gasteiger partial charge in [-0.15, -0.1) is 0 Å². The van der Waals surface area contributed by atoms with E-state index >= 15 is 0 Å². The van der Waals surface area contributed by atoms with E-state index in [0.717, 1.165) is 99.5 Å². The van der Waals surface area contributed by atoms with Crippen LogP contribution < -0.4 is 9.80 Å². The molecular weight excluding hydrogens is 733 g/mol. The summed E-state index contributed by atoms with van der Waals surface area (Å²) in [5.74, 6) is 0.945. The van der Waals surface area contributed by atoms with E-state index in [-0.39, 0.29) is 0 Å². The fourth-order valence-corrected chi connectivity index (χ4v) is 8.87. The molecule has 2 heterocycles. The molecule has 60 heavy (non-hydrogen) atoms. The first-order chi connectivity index (χ1) is 29.4. The molecule has 0 saturated heterocycles. The molecule has 0 bridgehead atoms. The lowest BCUT2D eigenvalue weighted by atomic mass is 10.0. The second-order valence-electron chi connectivity index (χ2n) is 16.6. The number of furan rings is 2. The standard InChI is InChI=1S/C56H44N2O2/c1-35(2)37-15-21-45(22-16-37)57(43-11-7-5-8-12-43)47-25-19-39-31-51-49-27-28-50-52-32-40-20-26-48(58(44-13-9-6-10-14-44)46-23-17-38(18-24-46)36(3)4)30-42(40)34-54(52)60-56(50)55(49)59-53(51)33-41(39)29-47/h5-36H,1-4H3. The molecule has 0 unspecified atom stereocenters. The van der Waals surface area contributed by atoms with Gasteiger partial charge in [0, 0.05) is 55.7 Å². The van der Waals surface area contributed by atoms with Crippen LogP contribution in [0.25, 0.3) is 65.4 Å². The molecule has 0 atom stereocenters. The monoisotopic (exact) mass is 776 g/mol. The summed E-state index contributed by atoms with van der Waals surface area (Å²) in [5.41, 5.74) is 12.5. The maximum atomic E-state index is 6.76. The average Bonchev–Trinajstić information content (AvgIpc) is 3.83. The highest BCUT2D eigenvalue weighted by Gasteiger charge is 2.20. The third-order valence-electron chi connectivity index (χ3n) is 12.1. The van der Waals surface area contributed by atoms with E-state index in [1.165, 1.54) is 11.1 Å². The molecule has 9 aromatic carbocycles. The summed E-state index contributed by atoms with van der Waals surface area (Å²) in [6.45, 7) is 8.93. The zero-order chi connectivity index (χ0) is 40.5. The van der Waals surface area contributed by atoms with Crippen LogP contribution >= 0.6 is 0 Å². The van der Waals surface area contributed by atoms with Gasteiger partial charge >= 0.3 is 0 Å². The van der Waals surface area contributed by atoms with E-state index < -0.39 is 0 Å². The number of benzene rings is 9. The number of fused-ring (bicyclic) bond motifs is 9. The Labute approximate surface area is 349 Å². The Hall–Kier alpha value is -7.30. The molecule has 0 aliphatic carbocycles. The molecule has 0 spiro atoms. The second-order valence-corrected chi connectivity index (χ2v) is 16.6. The fourth-order valence-electron chi connectivity index (χ4n) is 8.87. The van der Waals surface area contributed by atoms with E-state index in [0.29, 0.717) is 11.8 Å². The van der Waals surface area contributed by atoms with E-state index in [1.54, 1.807) is 0 Å². The van der Waals surface area contributed by atoms with Gasteiger partial charge in [-0.1, -0.05) is 100 Å². The maximum absolute atomic E-state index is 6.76. The van der Waals surface area contributed by atoms with Crippen LogP contribution in [-0.4, -0.2) is 0 Å². The van der Waals surface area contributed by atoms with Gasteiger partial charge in [0.15, 0.2) is 11.2 Å². The number of hydrogen-bond donors (Lipinski definition) is 0. The second kappa shape index (κ2) is 14.2. The van der Waals surface area contributed by atoms with Crippen molar-refractivity contribution in [2.24, 2.45) is 0 Å². The molecule has 0 fully saturated rings. The summed E-state index contributed by atoms with van der Waals surface area (Å²) in [6, 6.07) is 65.6. The molecule has 11 rings (SSSR count). The van der Waals surface area contributed by atoms with Crippen molar-refractivity contribution >= 4 is 99.5 Å². The molecule has 290 valence electrons. The lowest BCUT2D eigenvalue weighted by Gasteiger charge is -2.26. The number of para-hydroxylation sites is 2. The van der Waals surface area contributed by atoms with E-state index in [4.69, 9.17) is 8.83 Å². The molecule has 4 nitrogen and oxygen atoms in total. The molecule has 0 aliphatic heterocycles. The van der Waals surface area contributed by atoms with Gasteiger partial charge in [-0.05, 0) is 154 Å². The molecular formula is C56H44N2O2. The lowest BCUT2D eigenvalue weighted by Crippen LogP contribution is -2.09. The minimum absolute atomic E-state index is 0.472. The Morgan fingerprint density at radius 3 is 1.07 bits per heavy atom. The molecule has 0 radical (unpaired) electrons. The fraction of sp³-hybridized carbons (Fsp3) is 0.107. The first kappa shape index (κ1) is 35.8. The minimum atomic E-state index is 0.472. The van der Waals surface area contributed by atoms with Crippen molar-refractivity contribution in [3.05, 3.63) is 193 Å². The van der Waals surface area contributed by atoms with Crippen LogP contribution in [0.5, 0.6) is 0 Å². The van der Waals surface area contributed by atoms with Gasteiger partial charge in [-0.25, -0.2) is 0 Å². The number of rotatable bonds is 8. The van der Waals surface area contributed by atoms with Gasteiger partial charge in [-0.3, -0.25) is 0 Å². The van der Waals surface area contributed by atoms with Crippen molar-refractivity contribution < 1.29 is 8.83 Å². The van der Waals surface area contributed by atoms with Crippen molar-refractivity contribution in [1.82, 2.24) is 0 Å². The number of nitrogens with zero attached hydrogens (tertiary/aromatic N) is 2. The number of hydrogen-bond acceptors (Lipinski definition) is 4. The highest BCUT2D eigenvalue weighted by Crippen LogP contribution is 2.43. The molecule has 0 saturated carbocycles. The third-order valence-corrected chi connectivity index (χ3v) is 12.1. The third kappa shape index (κ3) is 6.06. The van der Waals surface area contributed by atoms with E-state index in [9.17, 15) is 0 Å². The van der Waals surface area contributed by atoms with E-state index in [1.807, 2.05) is 0 Å². The summed E-state index contributed by atoms with van der Waals surface area (Å²) in [4.78, 5) is 4.64. The Bertz CT molecular complexity index is 3130. The van der Waals surface area contributed by atoms with Crippen LogP contribution in [0.1, 0.15) is 50.7 Å². The Morgan fingerprint density at radius 2 is 0.683 bits per heavy atom. The first-order valence-electron chi connectivity index (χ1n) is 21.0. The largest absolute Gasteiger partial charge is 0.452 e. The van der Waals surface area contributed by atoms with Crippen molar-refractivity contribution in [3.63, 3.8) is 0 Å². The maximum Gasteiger partial charge on any atom is 0.178 e. The molecule has 0 N–H and O–H groups in total. The summed E-state index contributed by atoms with van der Waals surface area (Å²) in [5, 5.41) is 8.79. The van der Waals surface area contributed by atoms with Crippen LogP contribution in [-0.2, 0) is 0 Å². The van der Waals surface area contributed by atoms with Crippen LogP contribution in [0, 0.1) is 0 Å². The first-order valence-corrected chi connectivity index (χ1v) is 21.0. The molecule has 0 aliphatic rings. The van der Waals surface area contributed by atoms with Crippen molar-refractivity contribution in [1.29, 1.82) is 0 Å². The van der Waals surface area contributed by atoms with Crippen LogP contribution in [0.2, 0.25) is 0 Å². The summed E-state index contributed by atoms with van der Waals surface area (Å²) >= 11 is 0. The molecule has 4 heteroatoms. The Kier molecular flexibility index (Phi) is 8.49. The minimum Gasteiger partial charge on any atom is -0.452 e. The predicted octanol–water partition coefficient (Wildman–Crippen LogP) is 17.0. The molecule has 11 aromatic rings. The Morgan fingerprint density at radius 1 is 0.317 bits per heavy atom. The smallest absolute Gasteiger partial charge is 0.178 e. The normalized spacial score (nSPS) is 12.0. The van der Waals surface area contributed by atoms with Gasteiger partial charge in [0.25, 0.3) is 0 Å².